The lowest BCUT2D eigenvalue weighted by atomic mass is 9.63. The van der Waals surface area contributed by atoms with Crippen LogP contribution in [0.4, 0.5) is 0 Å². The number of hydrogen-bond donors (Lipinski definition) is 0. The number of Topliss-reactive ketones (excluding diaryl/α,β-unsaturated/α-hetero) is 1. The van der Waals surface area contributed by atoms with Crippen molar-refractivity contribution in [2.75, 3.05) is 0 Å². The Morgan fingerprint density at radius 1 is 0.784 bits per heavy atom. The summed E-state index contributed by atoms with van der Waals surface area (Å²) in [6.45, 7) is 26.2. The molecule has 1 atom stereocenters. The van der Waals surface area contributed by atoms with Crippen LogP contribution in [0.25, 0.3) is 0 Å². The van der Waals surface area contributed by atoms with Crippen LogP contribution in [0, 0.1) is 12.8 Å². The number of rotatable bonds is 1. The van der Waals surface area contributed by atoms with Gasteiger partial charge in [0, 0.05) is 11.5 Å². The lowest BCUT2D eigenvalue weighted by Crippen LogP contribution is -2.33. The standard InChI is InChI=1S/C17H26.C12H14O.2C2H6.3CH4/c1-12(2)13-7-8-14-15(11-13)17(5,6)10-9-16(14,3)4;1-8-3-6-11-10(7-8)5-4-9(2)12(11)13;2*1-2;;;/h7-8,11-12H,9-10H2,1-6H3;3,6-7,9H,4-5H2,1-2H3;2*1-2H3;3*1H4. The Bertz CT molecular complexity index is 930. The second-order valence-corrected chi connectivity index (χ2v) is 11.2. The van der Waals surface area contributed by atoms with Gasteiger partial charge in [0.2, 0.25) is 0 Å². The Balaban J connectivity index is -0.000000524. The van der Waals surface area contributed by atoms with Crippen LogP contribution >= 0.6 is 0 Å². The molecule has 214 valence electrons. The number of aryl methyl sites for hydroxylation is 2. The lowest BCUT2D eigenvalue weighted by Gasteiger charge is -2.42. The Labute approximate surface area is 233 Å². The highest BCUT2D eigenvalue weighted by Gasteiger charge is 2.36. The summed E-state index contributed by atoms with van der Waals surface area (Å²) in [7, 11) is 0. The highest BCUT2D eigenvalue weighted by molar-refractivity contribution is 6.00. The summed E-state index contributed by atoms with van der Waals surface area (Å²) in [4.78, 5) is 11.7. The van der Waals surface area contributed by atoms with E-state index in [-0.39, 0.29) is 28.2 Å². The molecule has 37 heavy (non-hydrogen) atoms. The number of hydrogen-bond acceptors (Lipinski definition) is 1. The molecule has 2 aromatic carbocycles. The van der Waals surface area contributed by atoms with E-state index in [1.165, 1.54) is 29.5 Å². The van der Waals surface area contributed by atoms with Gasteiger partial charge in [0.25, 0.3) is 0 Å². The predicted molar refractivity (Wildman–Crippen MR) is 172 cm³/mol. The van der Waals surface area contributed by atoms with Crippen molar-refractivity contribution < 1.29 is 4.79 Å². The van der Waals surface area contributed by atoms with Crippen LogP contribution < -0.4 is 0 Å². The molecule has 0 aromatic heterocycles. The molecule has 0 radical (unpaired) electrons. The lowest BCUT2D eigenvalue weighted by molar-refractivity contribution is 0.0913. The van der Waals surface area contributed by atoms with Crippen LogP contribution in [0.3, 0.4) is 0 Å². The van der Waals surface area contributed by atoms with E-state index in [9.17, 15) is 4.79 Å². The second-order valence-electron chi connectivity index (χ2n) is 11.2. The molecule has 0 saturated carbocycles. The van der Waals surface area contributed by atoms with E-state index < -0.39 is 0 Å². The molecular formula is C36H64O. The van der Waals surface area contributed by atoms with Gasteiger partial charge in [-0.15, -0.1) is 0 Å². The minimum absolute atomic E-state index is 0. The number of carbonyl (C=O) groups is 1. The van der Waals surface area contributed by atoms with Gasteiger partial charge in [-0.25, -0.2) is 0 Å². The third-order valence-electron chi connectivity index (χ3n) is 7.36. The normalized spacial score (nSPS) is 17.6. The van der Waals surface area contributed by atoms with E-state index in [2.05, 4.69) is 72.7 Å². The van der Waals surface area contributed by atoms with E-state index >= 15 is 0 Å². The van der Waals surface area contributed by atoms with Crippen LogP contribution in [-0.2, 0) is 17.3 Å². The minimum atomic E-state index is 0. The van der Waals surface area contributed by atoms with E-state index in [4.69, 9.17) is 0 Å². The van der Waals surface area contributed by atoms with E-state index in [1.54, 1.807) is 11.1 Å². The quantitative estimate of drug-likeness (QED) is 0.371. The molecule has 0 N–H and O–H groups in total. The summed E-state index contributed by atoms with van der Waals surface area (Å²) < 4.78 is 0. The Morgan fingerprint density at radius 3 is 1.81 bits per heavy atom. The molecule has 1 nitrogen and oxygen atoms in total. The van der Waals surface area contributed by atoms with Gasteiger partial charge in [-0.3, -0.25) is 4.79 Å². The van der Waals surface area contributed by atoms with Crippen molar-refractivity contribution in [3.8, 4) is 0 Å². The molecule has 4 rings (SSSR count). The van der Waals surface area contributed by atoms with Gasteiger partial charge < -0.3 is 0 Å². The topological polar surface area (TPSA) is 17.1 Å². The summed E-state index contributed by atoms with van der Waals surface area (Å²) in [5.74, 6) is 1.16. The van der Waals surface area contributed by atoms with Crippen molar-refractivity contribution in [1.29, 1.82) is 0 Å². The first-order chi connectivity index (χ1) is 15.9. The number of fused-ring (bicyclic) bond motifs is 2. The molecule has 0 heterocycles. The molecule has 2 aromatic rings. The third-order valence-corrected chi connectivity index (χ3v) is 7.36. The molecule has 0 aliphatic heterocycles. The van der Waals surface area contributed by atoms with E-state index in [0.717, 1.165) is 18.4 Å². The fraction of sp³-hybridized carbons (Fsp3) is 0.639. The van der Waals surface area contributed by atoms with Crippen LogP contribution in [0.5, 0.6) is 0 Å². The molecule has 1 unspecified atom stereocenters. The van der Waals surface area contributed by atoms with Crippen molar-refractivity contribution in [2.24, 2.45) is 5.92 Å². The van der Waals surface area contributed by atoms with Gasteiger partial charge in [0.05, 0.1) is 0 Å². The second kappa shape index (κ2) is 16.8. The molecule has 1 heteroatoms. The average molecular weight is 513 g/mol. The zero-order chi connectivity index (χ0) is 26.3. The maximum atomic E-state index is 11.7. The minimum Gasteiger partial charge on any atom is -0.294 e. The summed E-state index contributed by atoms with van der Waals surface area (Å²) in [5.41, 5.74) is 8.76. The average Bonchev–Trinajstić information content (AvgIpc) is 2.82. The van der Waals surface area contributed by atoms with Gasteiger partial charge in [-0.2, -0.15) is 0 Å². The largest absolute Gasteiger partial charge is 0.294 e. The maximum absolute atomic E-state index is 11.7. The van der Waals surface area contributed by atoms with Crippen molar-refractivity contribution in [2.45, 2.75) is 148 Å². The molecule has 0 fully saturated rings. The highest BCUT2D eigenvalue weighted by atomic mass is 16.1. The van der Waals surface area contributed by atoms with Crippen molar-refractivity contribution in [3.05, 3.63) is 69.8 Å². The third kappa shape index (κ3) is 9.73. The predicted octanol–water partition coefficient (Wildman–Crippen LogP) is 11.9. The zero-order valence-corrected chi connectivity index (χ0v) is 24.4. The summed E-state index contributed by atoms with van der Waals surface area (Å²) >= 11 is 0. The Kier molecular flexibility index (Phi) is 18.0. The molecule has 0 amide bonds. The first kappa shape index (κ1) is 39.6. The Morgan fingerprint density at radius 2 is 1.30 bits per heavy atom. The van der Waals surface area contributed by atoms with Crippen LogP contribution in [0.1, 0.15) is 162 Å². The van der Waals surface area contributed by atoms with E-state index in [0.29, 0.717) is 22.5 Å². The molecule has 0 spiro atoms. The maximum Gasteiger partial charge on any atom is 0.165 e. The fourth-order valence-electron chi connectivity index (χ4n) is 4.90. The van der Waals surface area contributed by atoms with Crippen molar-refractivity contribution in [1.82, 2.24) is 0 Å². The Hall–Kier alpha value is -1.89. The monoisotopic (exact) mass is 512 g/mol. The number of carbonyl (C=O) groups excluding carboxylic acids is 1. The van der Waals surface area contributed by atoms with Gasteiger partial charge in [-0.1, -0.05) is 140 Å². The molecular weight excluding hydrogens is 448 g/mol. The van der Waals surface area contributed by atoms with Gasteiger partial charge in [0.15, 0.2) is 5.78 Å². The summed E-state index contributed by atoms with van der Waals surface area (Å²) in [6, 6.07) is 13.3. The molecule has 0 bridgehead atoms. The summed E-state index contributed by atoms with van der Waals surface area (Å²) in [5, 5.41) is 0. The fourth-order valence-corrected chi connectivity index (χ4v) is 4.90. The van der Waals surface area contributed by atoms with Crippen molar-refractivity contribution in [3.63, 3.8) is 0 Å². The molecule has 2 aliphatic rings. The first-order valence-corrected chi connectivity index (χ1v) is 13.7. The van der Waals surface area contributed by atoms with Crippen LogP contribution in [0.15, 0.2) is 36.4 Å². The van der Waals surface area contributed by atoms with Gasteiger partial charge in [0.1, 0.15) is 0 Å². The van der Waals surface area contributed by atoms with Crippen LogP contribution in [-0.4, -0.2) is 5.78 Å². The summed E-state index contributed by atoms with van der Waals surface area (Å²) in [6.07, 6.45) is 4.67. The smallest absolute Gasteiger partial charge is 0.165 e. The first-order valence-electron chi connectivity index (χ1n) is 13.7. The number of benzene rings is 2. The zero-order valence-electron chi connectivity index (χ0n) is 24.4. The van der Waals surface area contributed by atoms with Gasteiger partial charge >= 0.3 is 0 Å². The van der Waals surface area contributed by atoms with E-state index in [1.807, 2.05) is 46.8 Å². The number of ketones is 1. The molecule has 2 aliphatic carbocycles. The highest BCUT2D eigenvalue weighted by Crippen LogP contribution is 2.46. The van der Waals surface area contributed by atoms with Gasteiger partial charge in [-0.05, 0) is 71.6 Å². The van der Waals surface area contributed by atoms with Crippen LogP contribution in [0.2, 0.25) is 0 Å². The van der Waals surface area contributed by atoms with Crippen molar-refractivity contribution >= 4 is 5.78 Å². The molecule has 0 saturated heterocycles. The SMILES string of the molecule is C.C.C.CC.CC.CC(C)c1ccc2c(c1)C(C)(C)CCC2(C)C.Cc1ccc2c(c1)CCC(C)C2=O.